The van der Waals surface area contributed by atoms with E-state index in [1.54, 1.807) is 29.4 Å². The molecule has 6 rings (SSSR count). The number of thiocarbonyl (C=S) groups is 1. The highest BCUT2D eigenvalue weighted by atomic mass is 32.2. The van der Waals surface area contributed by atoms with Gasteiger partial charge in [-0.1, -0.05) is 81.2 Å². The number of methoxy groups -OCH3 is 1. The predicted octanol–water partition coefficient (Wildman–Crippen LogP) is 7.24. The number of hydrogen-bond donors (Lipinski definition) is 1. The first-order valence-electron chi connectivity index (χ1n) is 17.2. The monoisotopic (exact) mass is 759 g/mol. The van der Waals surface area contributed by atoms with Crippen LogP contribution in [0.3, 0.4) is 0 Å². The number of carbonyl (C=O) groups is 2. The highest BCUT2D eigenvalue weighted by Crippen LogP contribution is 2.35. The number of carbonyl (C=O) groups excluding carboxylic acids is 1. The molecule has 266 valence electrons. The molecule has 0 aliphatic carbocycles. The summed E-state index contributed by atoms with van der Waals surface area (Å²) in [5.41, 5.74) is 5.57. The maximum absolute atomic E-state index is 13.6. The molecule has 12 heteroatoms. The molecule has 0 atom stereocenters. The van der Waals surface area contributed by atoms with Crippen molar-refractivity contribution in [1.29, 1.82) is 0 Å². The first-order chi connectivity index (χ1) is 24.7. The summed E-state index contributed by atoms with van der Waals surface area (Å²) in [4.78, 5) is 42.9. The smallest absolute Gasteiger partial charge is 0.323 e. The lowest BCUT2D eigenvalue weighted by Gasteiger charge is -2.13. The van der Waals surface area contributed by atoms with E-state index in [1.807, 2.05) is 18.2 Å². The molecule has 0 spiro atoms. The molecule has 1 aliphatic heterocycles. The number of pyridine rings is 1. The lowest BCUT2D eigenvalue weighted by molar-refractivity contribution is -0.137. The van der Waals surface area contributed by atoms with Gasteiger partial charge >= 0.3 is 5.97 Å². The molecule has 51 heavy (non-hydrogen) atoms. The Balaban J connectivity index is 1.26. The SMILES string of the molecule is CCCCCCCCN1C(=O)/C(=c2\s/c(=C\c3ccc(CCc4c(-c5ccc(OC)cc5)c(C)c5ccccn45)s3)c(=O)n2CC(=O)O)SC1=S. The van der Waals surface area contributed by atoms with Crippen molar-refractivity contribution in [1.82, 2.24) is 13.9 Å². The molecule has 0 radical (unpaired) electrons. The second-order valence-electron chi connectivity index (χ2n) is 12.6. The largest absolute Gasteiger partial charge is 0.497 e. The van der Waals surface area contributed by atoms with E-state index in [-0.39, 0.29) is 5.91 Å². The van der Waals surface area contributed by atoms with Gasteiger partial charge in [-0.3, -0.25) is 23.9 Å². The van der Waals surface area contributed by atoms with Gasteiger partial charge in [-0.25, -0.2) is 0 Å². The fourth-order valence-corrected chi connectivity index (χ4v) is 10.1. The van der Waals surface area contributed by atoms with Crippen LogP contribution in [0.2, 0.25) is 0 Å². The van der Waals surface area contributed by atoms with Crippen LogP contribution in [0.5, 0.6) is 5.75 Å². The van der Waals surface area contributed by atoms with E-state index in [9.17, 15) is 19.5 Å². The van der Waals surface area contributed by atoms with Gasteiger partial charge in [-0.2, -0.15) is 0 Å². The molecule has 1 amide bonds. The third kappa shape index (κ3) is 8.09. The number of rotatable bonds is 15. The standard InChI is InChI=1S/C39H41N3O5S4/c1-4-5-6-7-8-10-22-41-37(46)35(51-39(41)48)38-42(24-33(43)44)36(45)32(50-38)23-29-18-17-28(49-29)19-20-31-34(26-13-15-27(47-3)16-14-26)25(2)30-12-9-11-21-40(30)31/h9,11-18,21,23H,4-8,10,19-20,22,24H2,1-3H3,(H,43,44)/b32-23-,38-35+. The number of thiazole rings is 1. The number of benzene rings is 1. The molecule has 0 bridgehead atoms. The van der Waals surface area contributed by atoms with Crippen LogP contribution < -0.4 is 19.5 Å². The molecule has 0 saturated carbocycles. The molecule has 8 nitrogen and oxygen atoms in total. The normalized spacial score (nSPS) is 14.7. The number of carboxylic acids is 1. The third-order valence-corrected chi connectivity index (χ3v) is 12.9. The number of thiophene rings is 1. The Kier molecular flexibility index (Phi) is 12.0. The Morgan fingerprint density at radius 3 is 2.47 bits per heavy atom. The highest BCUT2D eigenvalue weighted by molar-refractivity contribution is 8.30. The van der Waals surface area contributed by atoms with Crippen LogP contribution in [-0.4, -0.2) is 48.8 Å². The first-order valence-corrected chi connectivity index (χ1v) is 20.1. The van der Waals surface area contributed by atoms with Gasteiger partial charge in [0.15, 0.2) is 0 Å². The summed E-state index contributed by atoms with van der Waals surface area (Å²) < 4.78 is 10.0. The second kappa shape index (κ2) is 16.6. The van der Waals surface area contributed by atoms with Gasteiger partial charge in [0.05, 0.1) is 11.6 Å². The summed E-state index contributed by atoms with van der Waals surface area (Å²) in [6.07, 6.45) is 12.1. The number of aliphatic carboxylic acids is 1. The summed E-state index contributed by atoms with van der Waals surface area (Å²) >= 11 is 9.47. The Labute approximate surface area is 314 Å². The van der Waals surface area contributed by atoms with Gasteiger partial charge in [0, 0.05) is 39.3 Å². The molecule has 4 aromatic heterocycles. The fraction of sp³-hybridized carbons (Fsp3) is 0.333. The summed E-state index contributed by atoms with van der Waals surface area (Å²) in [6, 6.07) is 18.5. The van der Waals surface area contributed by atoms with Crippen molar-refractivity contribution in [2.75, 3.05) is 13.7 Å². The van der Waals surface area contributed by atoms with E-state index in [2.05, 4.69) is 60.8 Å². The predicted molar refractivity (Wildman–Crippen MR) is 214 cm³/mol. The van der Waals surface area contributed by atoms with Gasteiger partial charge < -0.3 is 14.2 Å². The topological polar surface area (TPSA) is 93.3 Å². The maximum atomic E-state index is 13.6. The minimum atomic E-state index is -1.15. The summed E-state index contributed by atoms with van der Waals surface area (Å²) in [6.45, 7) is 4.34. The molecule has 1 aromatic carbocycles. The summed E-state index contributed by atoms with van der Waals surface area (Å²) in [7, 11) is 1.67. The van der Waals surface area contributed by atoms with Gasteiger partial charge in [0.1, 0.15) is 26.2 Å². The average Bonchev–Trinajstić information content (AvgIpc) is 3.85. The molecule has 1 fully saturated rings. The van der Waals surface area contributed by atoms with E-state index >= 15 is 0 Å². The second-order valence-corrected chi connectivity index (χ2v) is 16.4. The van der Waals surface area contributed by atoms with Crippen LogP contribution in [-0.2, 0) is 29.0 Å². The Morgan fingerprint density at radius 1 is 0.961 bits per heavy atom. The number of aryl methyl sites for hydroxylation is 3. The number of hydrogen-bond acceptors (Lipinski definition) is 8. The van der Waals surface area contributed by atoms with Crippen LogP contribution >= 0.6 is 46.7 Å². The Bertz CT molecular complexity index is 2260. The molecule has 0 unspecified atom stereocenters. The van der Waals surface area contributed by atoms with Crippen LogP contribution in [0.15, 0.2) is 65.6 Å². The highest BCUT2D eigenvalue weighted by Gasteiger charge is 2.34. The zero-order chi connectivity index (χ0) is 36.1. The van der Waals surface area contributed by atoms with Crippen molar-refractivity contribution in [3.8, 4) is 16.9 Å². The van der Waals surface area contributed by atoms with Crippen molar-refractivity contribution in [3.63, 3.8) is 0 Å². The third-order valence-electron chi connectivity index (χ3n) is 9.12. The van der Waals surface area contributed by atoms with E-state index in [1.165, 1.54) is 51.0 Å². The van der Waals surface area contributed by atoms with Gasteiger partial charge in [-0.15, -0.1) is 22.7 Å². The summed E-state index contributed by atoms with van der Waals surface area (Å²) in [5.74, 6) is -0.588. The number of amides is 1. The Morgan fingerprint density at radius 2 is 1.73 bits per heavy atom. The maximum Gasteiger partial charge on any atom is 0.323 e. The molecular formula is C39H41N3O5S4. The van der Waals surface area contributed by atoms with Gasteiger partial charge in [-0.05, 0) is 79.8 Å². The lowest BCUT2D eigenvalue weighted by Crippen LogP contribution is -2.35. The van der Waals surface area contributed by atoms with E-state index in [0.717, 1.165) is 71.4 Å². The van der Waals surface area contributed by atoms with Crippen LogP contribution in [0.1, 0.15) is 66.5 Å². The van der Waals surface area contributed by atoms with Crippen LogP contribution in [0.25, 0.3) is 27.6 Å². The van der Waals surface area contributed by atoms with Crippen molar-refractivity contribution < 1.29 is 19.4 Å². The zero-order valence-corrected chi connectivity index (χ0v) is 32.2. The van der Waals surface area contributed by atoms with Crippen LogP contribution in [0, 0.1) is 6.92 Å². The van der Waals surface area contributed by atoms with Crippen molar-refractivity contribution in [2.24, 2.45) is 0 Å². The first kappa shape index (κ1) is 36.8. The average molecular weight is 760 g/mol. The molecular weight excluding hydrogens is 719 g/mol. The fourth-order valence-electron chi connectivity index (χ4n) is 6.55. The van der Waals surface area contributed by atoms with Crippen molar-refractivity contribution in [2.45, 2.75) is 71.8 Å². The van der Waals surface area contributed by atoms with E-state index in [0.29, 0.717) is 25.0 Å². The number of ether oxygens (including phenoxy) is 1. The van der Waals surface area contributed by atoms with Gasteiger partial charge in [0.2, 0.25) is 0 Å². The number of unbranched alkanes of at least 4 members (excludes halogenated alkanes) is 5. The number of aromatic nitrogens is 2. The summed E-state index contributed by atoms with van der Waals surface area (Å²) in [5, 5.41) is 9.66. The molecule has 1 aliphatic rings. The van der Waals surface area contributed by atoms with Gasteiger partial charge in [0.25, 0.3) is 11.5 Å². The molecule has 1 saturated heterocycles. The number of nitrogens with zero attached hydrogens (tertiary/aromatic N) is 3. The van der Waals surface area contributed by atoms with Crippen molar-refractivity contribution >= 4 is 79.3 Å². The van der Waals surface area contributed by atoms with E-state index in [4.69, 9.17) is 17.0 Å². The molecule has 5 heterocycles. The van der Waals surface area contributed by atoms with E-state index < -0.39 is 18.1 Å². The lowest BCUT2D eigenvalue weighted by atomic mass is 9.99. The minimum Gasteiger partial charge on any atom is -0.497 e. The van der Waals surface area contributed by atoms with Crippen molar-refractivity contribution in [3.05, 3.63) is 101 Å². The minimum absolute atomic E-state index is 0.258. The zero-order valence-electron chi connectivity index (χ0n) is 29.0. The number of carboxylic acid groups (broad SMARTS) is 1. The number of fused-ring (bicyclic) bond motifs is 1. The van der Waals surface area contributed by atoms with Crippen LogP contribution in [0.4, 0.5) is 0 Å². The Hall–Kier alpha value is -3.97. The molecule has 5 aromatic rings. The molecule has 1 N–H and O–H groups in total. The number of thioether (sulfide) groups is 1. The quantitative estimate of drug-likeness (QED) is 0.0890.